The van der Waals surface area contributed by atoms with E-state index >= 15 is 0 Å². The molecule has 0 bridgehead atoms. The Kier molecular flexibility index (Phi) is 4.29. The van der Waals surface area contributed by atoms with Crippen LogP contribution in [0.25, 0.3) is 0 Å². The molecule has 1 aromatic heterocycles. The Morgan fingerprint density at radius 3 is 2.83 bits per heavy atom. The summed E-state index contributed by atoms with van der Waals surface area (Å²) in [7, 11) is -1.75. The maximum absolute atomic E-state index is 12.5. The summed E-state index contributed by atoms with van der Waals surface area (Å²) in [6.07, 6.45) is 6.84. The van der Waals surface area contributed by atoms with Crippen LogP contribution < -0.4 is 0 Å². The van der Waals surface area contributed by atoms with Crippen LogP contribution in [0.4, 0.5) is 0 Å². The van der Waals surface area contributed by atoms with E-state index in [0.29, 0.717) is 12.4 Å². The van der Waals surface area contributed by atoms with E-state index in [4.69, 9.17) is 11.6 Å². The monoisotopic (exact) mass is 291 g/mol. The zero-order valence-electron chi connectivity index (χ0n) is 10.4. The van der Waals surface area contributed by atoms with E-state index < -0.39 is 10.0 Å². The molecule has 0 N–H and O–H groups in total. The van der Waals surface area contributed by atoms with Crippen LogP contribution in [0.5, 0.6) is 0 Å². The molecule has 0 spiro atoms. The number of aromatic nitrogens is 2. The molecule has 0 aliphatic carbocycles. The van der Waals surface area contributed by atoms with Gasteiger partial charge in [0.05, 0.1) is 6.33 Å². The summed E-state index contributed by atoms with van der Waals surface area (Å²) in [6.45, 7) is 0.538. The van der Waals surface area contributed by atoms with E-state index in [1.54, 1.807) is 11.6 Å². The maximum Gasteiger partial charge on any atom is 0.262 e. The molecule has 1 fully saturated rings. The average Bonchev–Trinajstić information content (AvgIpc) is 2.65. The number of hydrogen-bond acceptors (Lipinski definition) is 3. The molecule has 0 amide bonds. The van der Waals surface area contributed by atoms with Crippen LogP contribution in [-0.4, -0.2) is 40.7 Å². The smallest absolute Gasteiger partial charge is 0.262 e. The molecule has 0 aromatic carbocycles. The number of sulfonamides is 1. The van der Waals surface area contributed by atoms with Gasteiger partial charge in [-0.05, 0) is 12.8 Å². The molecule has 18 heavy (non-hydrogen) atoms. The van der Waals surface area contributed by atoms with Gasteiger partial charge in [0.1, 0.15) is 0 Å². The molecule has 2 rings (SSSR count). The quantitative estimate of drug-likeness (QED) is 0.795. The molecule has 5 nitrogen and oxygen atoms in total. The lowest BCUT2D eigenvalue weighted by molar-refractivity contribution is 0.344. The lowest BCUT2D eigenvalue weighted by atomic mass is 10.1. The van der Waals surface area contributed by atoms with Crippen molar-refractivity contribution in [2.75, 3.05) is 12.4 Å². The highest BCUT2D eigenvalue weighted by Gasteiger charge is 2.33. The number of rotatable bonds is 3. The van der Waals surface area contributed by atoms with Crippen molar-refractivity contribution in [1.29, 1.82) is 0 Å². The lowest BCUT2D eigenvalue weighted by Gasteiger charge is -2.26. The van der Waals surface area contributed by atoms with E-state index in [9.17, 15) is 8.42 Å². The zero-order valence-corrected chi connectivity index (χ0v) is 12.0. The third-order valence-electron chi connectivity index (χ3n) is 3.26. The van der Waals surface area contributed by atoms with Gasteiger partial charge in [-0.1, -0.05) is 12.8 Å². The van der Waals surface area contributed by atoms with Gasteiger partial charge in [0.25, 0.3) is 10.0 Å². The predicted molar refractivity (Wildman–Crippen MR) is 70.1 cm³/mol. The summed E-state index contributed by atoms with van der Waals surface area (Å²) in [5, 5.41) is 0.113. The molecule has 1 aliphatic rings. The minimum atomic E-state index is -3.51. The van der Waals surface area contributed by atoms with Crippen molar-refractivity contribution in [2.24, 2.45) is 7.05 Å². The number of nitrogens with zero attached hydrogens (tertiary/aromatic N) is 3. The van der Waals surface area contributed by atoms with E-state index in [-0.39, 0.29) is 11.1 Å². The Hall–Kier alpha value is -0.590. The van der Waals surface area contributed by atoms with Gasteiger partial charge in [-0.2, -0.15) is 4.31 Å². The van der Waals surface area contributed by atoms with Crippen molar-refractivity contribution >= 4 is 21.6 Å². The SMILES string of the molecule is Cn1cnc(S(=O)(=O)N2CCCCCC2CCl)c1. The van der Waals surface area contributed by atoms with Gasteiger partial charge in [-0.25, -0.2) is 13.4 Å². The van der Waals surface area contributed by atoms with Gasteiger partial charge in [-0.15, -0.1) is 11.6 Å². The lowest BCUT2D eigenvalue weighted by Crippen LogP contribution is -2.41. The first-order valence-corrected chi connectivity index (χ1v) is 8.09. The first-order valence-electron chi connectivity index (χ1n) is 6.11. The van der Waals surface area contributed by atoms with Crippen LogP contribution in [0.3, 0.4) is 0 Å². The van der Waals surface area contributed by atoms with Gasteiger partial charge in [0.2, 0.25) is 0 Å². The Balaban J connectivity index is 2.32. The van der Waals surface area contributed by atoms with Crippen molar-refractivity contribution in [3.05, 3.63) is 12.5 Å². The van der Waals surface area contributed by atoms with Crippen molar-refractivity contribution < 1.29 is 8.42 Å². The maximum atomic E-state index is 12.5. The first-order chi connectivity index (χ1) is 8.55. The molecule has 1 atom stereocenters. The fraction of sp³-hybridized carbons (Fsp3) is 0.727. The van der Waals surface area contributed by atoms with Gasteiger partial charge in [0.15, 0.2) is 5.03 Å². The zero-order chi connectivity index (χ0) is 13.2. The summed E-state index contributed by atoms with van der Waals surface area (Å²) < 4.78 is 28.2. The largest absolute Gasteiger partial charge is 0.339 e. The molecule has 102 valence electrons. The molecule has 1 saturated heterocycles. The highest BCUT2D eigenvalue weighted by atomic mass is 35.5. The molecular formula is C11H18ClN3O2S. The minimum absolute atomic E-state index is 0.110. The van der Waals surface area contributed by atoms with E-state index in [1.807, 2.05) is 0 Å². The van der Waals surface area contributed by atoms with Crippen LogP contribution >= 0.6 is 11.6 Å². The standard InChI is InChI=1S/C11H18ClN3O2S/c1-14-8-11(13-9-14)18(16,17)15-6-4-2-3-5-10(15)7-12/h8-10H,2-7H2,1H3. The molecule has 1 aromatic rings. The average molecular weight is 292 g/mol. The van der Waals surface area contributed by atoms with E-state index in [2.05, 4.69) is 4.98 Å². The van der Waals surface area contributed by atoms with Crippen LogP contribution in [0.15, 0.2) is 17.6 Å². The summed E-state index contributed by atoms with van der Waals surface area (Å²) in [5.41, 5.74) is 0. The van der Waals surface area contributed by atoms with E-state index in [0.717, 1.165) is 25.7 Å². The molecule has 0 radical (unpaired) electrons. The van der Waals surface area contributed by atoms with Crippen LogP contribution in [0, 0.1) is 0 Å². The molecule has 1 aliphatic heterocycles. The van der Waals surface area contributed by atoms with Crippen molar-refractivity contribution in [3.63, 3.8) is 0 Å². The second kappa shape index (κ2) is 5.59. The second-order valence-electron chi connectivity index (χ2n) is 4.65. The number of alkyl halides is 1. The fourth-order valence-electron chi connectivity index (χ4n) is 2.26. The summed E-state index contributed by atoms with van der Waals surface area (Å²) in [6, 6.07) is -0.110. The second-order valence-corrected chi connectivity index (χ2v) is 6.80. The minimum Gasteiger partial charge on any atom is -0.339 e. The molecule has 2 heterocycles. The first kappa shape index (κ1) is 13.8. The highest BCUT2D eigenvalue weighted by Crippen LogP contribution is 2.24. The Morgan fingerprint density at radius 1 is 1.44 bits per heavy atom. The van der Waals surface area contributed by atoms with Crippen molar-refractivity contribution in [1.82, 2.24) is 13.9 Å². The van der Waals surface area contributed by atoms with Gasteiger partial charge in [-0.3, -0.25) is 0 Å². The molecule has 0 saturated carbocycles. The van der Waals surface area contributed by atoms with E-state index in [1.165, 1.54) is 16.8 Å². The van der Waals surface area contributed by atoms with Crippen LogP contribution in [0.1, 0.15) is 25.7 Å². The van der Waals surface area contributed by atoms with Crippen molar-refractivity contribution in [2.45, 2.75) is 36.8 Å². The summed E-state index contributed by atoms with van der Waals surface area (Å²) in [4.78, 5) is 3.95. The molecule has 7 heteroatoms. The normalized spacial score (nSPS) is 22.9. The molecular weight excluding hydrogens is 274 g/mol. The molecule has 1 unspecified atom stereocenters. The van der Waals surface area contributed by atoms with Crippen LogP contribution in [-0.2, 0) is 17.1 Å². The van der Waals surface area contributed by atoms with Crippen LogP contribution in [0.2, 0.25) is 0 Å². The number of imidazole rings is 1. The number of halogens is 1. The highest BCUT2D eigenvalue weighted by molar-refractivity contribution is 7.89. The summed E-state index contributed by atoms with van der Waals surface area (Å²) in [5.74, 6) is 0.339. The number of hydrogen-bond donors (Lipinski definition) is 0. The fourth-order valence-corrected chi connectivity index (χ4v) is 4.33. The summed E-state index contributed by atoms with van der Waals surface area (Å²) >= 11 is 5.91. The van der Waals surface area contributed by atoms with Gasteiger partial charge < -0.3 is 4.57 Å². The number of aryl methyl sites for hydroxylation is 1. The van der Waals surface area contributed by atoms with Crippen molar-refractivity contribution in [3.8, 4) is 0 Å². The Morgan fingerprint density at radius 2 is 2.22 bits per heavy atom. The van der Waals surface area contributed by atoms with Gasteiger partial charge in [0, 0.05) is 31.7 Å². The Labute approximate surface area is 113 Å². The Bertz CT molecular complexity index is 500. The topological polar surface area (TPSA) is 55.2 Å². The third kappa shape index (κ3) is 2.70. The van der Waals surface area contributed by atoms with Gasteiger partial charge >= 0.3 is 0 Å². The predicted octanol–water partition coefficient (Wildman–Crippen LogP) is 1.59. The third-order valence-corrected chi connectivity index (χ3v) is 5.45.